The molecule has 6 nitrogen and oxygen atoms in total. The molecule has 1 N–H and O–H groups in total. The number of piperidine rings is 1. The SMILES string of the molecule is CN=C(NCc1cccc(CN2CCC(C)CC2)c1)N1CCOC(C2CCCO2)C1.I. The van der Waals surface area contributed by atoms with E-state index in [1.54, 1.807) is 0 Å². The fraction of sp³-hybridized carbons (Fsp3) is 0.708. The quantitative estimate of drug-likeness (QED) is 0.351. The lowest BCUT2D eigenvalue weighted by molar-refractivity contribution is -0.0817. The molecule has 0 aromatic heterocycles. The van der Waals surface area contributed by atoms with E-state index < -0.39 is 0 Å². The summed E-state index contributed by atoms with van der Waals surface area (Å²) >= 11 is 0. The summed E-state index contributed by atoms with van der Waals surface area (Å²) < 4.78 is 11.8. The largest absolute Gasteiger partial charge is 0.375 e. The summed E-state index contributed by atoms with van der Waals surface area (Å²) in [5.74, 6) is 1.83. The topological polar surface area (TPSA) is 49.3 Å². The van der Waals surface area contributed by atoms with Crippen LogP contribution in [-0.2, 0) is 22.6 Å². The molecule has 0 amide bonds. The highest BCUT2D eigenvalue weighted by Crippen LogP contribution is 2.21. The van der Waals surface area contributed by atoms with Crippen LogP contribution in [0, 0.1) is 5.92 Å². The number of nitrogens with one attached hydrogen (secondary N) is 1. The van der Waals surface area contributed by atoms with Crippen molar-refractivity contribution in [3.63, 3.8) is 0 Å². The number of hydrogen-bond acceptors (Lipinski definition) is 4. The van der Waals surface area contributed by atoms with Gasteiger partial charge in [-0.3, -0.25) is 9.89 Å². The molecular formula is C24H39IN4O2. The third kappa shape index (κ3) is 7.04. The first kappa shape index (κ1) is 24.7. The van der Waals surface area contributed by atoms with Gasteiger partial charge >= 0.3 is 0 Å². The van der Waals surface area contributed by atoms with Gasteiger partial charge in [0, 0.05) is 39.8 Å². The van der Waals surface area contributed by atoms with E-state index in [-0.39, 0.29) is 36.2 Å². The molecule has 174 valence electrons. The second-order valence-corrected chi connectivity index (χ2v) is 9.09. The molecule has 1 aromatic carbocycles. The number of hydrogen-bond donors (Lipinski definition) is 1. The van der Waals surface area contributed by atoms with E-state index in [1.165, 1.54) is 37.1 Å². The van der Waals surface area contributed by atoms with Crippen LogP contribution in [0.2, 0.25) is 0 Å². The minimum atomic E-state index is 0. The van der Waals surface area contributed by atoms with E-state index in [0.29, 0.717) is 0 Å². The van der Waals surface area contributed by atoms with Crippen LogP contribution in [0.5, 0.6) is 0 Å². The Morgan fingerprint density at radius 1 is 1.06 bits per heavy atom. The molecular weight excluding hydrogens is 503 g/mol. The van der Waals surface area contributed by atoms with Gasteiger partial charge in [0.05, 0.1) is 12.7 Å². The highest BCUT2D eigenvalue weighted by molar-refractivity contribution is 14.0. The Balaban J connectivity index is 0.00000272. The molecule has 2 unspecified atom stereocenters. The van der Waals surface area contributed by atoms with Gasteiger partial charge in [0.25, 0.3) is 0 Å². The summed E-state index contributed by atoms with van der Waals surface area (Å²) in [6.45, 7) is 9.97. The zero-order valence-corrected chi connectivity index (χ0v) is 21.4. The van der Waals surface area contributed by atoms with Crippen LogP contribution < -0.4 is 5.32 Å². The fourth-order valence-corrected chi connectivity index (χ4v) is 4.82. The van der Waals surface area contributed by atoms with Crippen LogP contribution in [0.25, 0.3) is 0 Å². The lowest BCUT2D eigenvalue weighted by Crippen LogP contribution is -2.53. The molecule has 3 saturated heterocycles. The van der Waals surface area contributed by atoms with E-state index >= 15 is 0 Å². The number of morpholine rings is 1. The Hall–Kier alpha value is -0.900. The fourth-order valence-electron chi connectivity index (χ4n) is 4.82. The van der Waals surface area contributed by atoms with Gasteiger partial charge in [-0.25, -0.2) is 0 Å². The van der Waals surface area contributed by atoms with E-state index in [0.717, 1.165) is 64.1 Å². The maximum atomic E-state index is 5.99. The second-order valence-electron chi connectivity index (χ2n) is 9.09. The smallest absolute Gasteiger partial charge is 0.194 e. The van der Waals surface area contributed by atoms with Gasteiger partial charge in [-0.1, -0.05) is 31.2 Å². The number of ether oxygens (including phenoxy) is 2. The Kier molecular flexibility index (Phi) is 9.87. The minimum Gasteiger partial charge on any atom is -0.375 e. The number of rotatable bonds is 5. The lowest BCUT2D eigenvalue weighted by Gasteiger charge is -2.37. The first-order valence-electron chi connectivity index (χ1n) is 11.7. The molecule has 3 aliphatic heterocycles. The number of likely N-dealkylation sites (tertiary alicyclic amines) is 1. The van der Waals surface area contributed by atoms with Gasteiger partial charge in [0.2, 0.25) is 0 Å². The van der Waals surface area contributed by atoms with Crippen molar-refractivity contribution >= 4 is 29.9 Å². The van der Waals surface area contributed by atoms with E-state index in [4.69, 9.17) is 9.47 Å². The minimum absolute atomic E-state index is 0. The molecule has 7 heteroatoms. The Bertz CT molecular complexity index is 703. The van der Waals surface area contributed by atoms with E-state index in [9.17, 15) is 0 Å². The average Bonchev–Trinajstić information content (AvgIpc) is 3.31. The molecule has 2 atom stereocenters. The number of nitrogens with zero attached hydrogens (tertiary/aromatic N) is 3. The van der Waals surface area contributed by atoms with Gasteiger partial charge in [-0.2, -0.15) is 0 Å². The first-order chi connectivity index (χ1) is 14.7. The van der Waals surface area contributed by atoms with Gasteiger partial charge < -0.3 is 19.7 Å². The van der Waals surface area contributed by atoms with Gasteiger partial charge in [0.1, 0.15) is 6.10 Å². The van der Waals surface area contributed by atoms with Crippen molar-refractivity contribution in [3.05, 3.63) is 35.4 Å². The summed E-state index contributed by atoms with van der Waals surface area (Å²) in [5.41, 5.74) is 2.71. The van der Waals surface area contributed by atoms with Crippen LogP contribution >= 0.6 is 24.0 Å². The standard InChI is InChI=1S/C24H38N4O2.HI/c1-19-8-10-27(11-9-19)17-21-6-3-5-20(15-21)16-26-24(25-2)28-12-14-30-23(18-28)22-7-4-13-29-22;/h3,5-6,15,19,22-23H,4,7-14,16-18H2,1-2H3,(H,25,26);1H. The molecule has 3 fully saturated rings. The van der Waals surface area contributed by atoms with Crippen molar-refractivity contribution in [3.8, 4) is 0 Å². The Morgan fingerprint density at radius 2 is 1.84 bits per heavy atom. The molecule has 0 bridgehead atoms. The van der Waals surface area contributed by atoms with Crippen molar-refractivity contribution < 1.29 is 9.47 Å². The number of halogens is 1. The predicted octanol–water partition coefficient (Wildman–Crippen LogP) is 3.49. The van der Waals surface area contributed by atoms with Gasteiger partial charge in [0.15, 0.2) is 5.96 Å². The molecule has 0 aliphatic carbocycles. The van der Waals surface area contributed by atoms with Gasteiger partial charge in [-0.15, -0.1) is 24.0 Å². The molecule has 0 spiro atoms. The summed E-state index contributed by atoms with van der Waals surface area (Å²) in [6, 6.07) is 8.98. The number of aliphatic imine (C=N–C) groups is 1. The third-order valence-corrected chi connectivity index (χ3v) is 6.71. The monoisotopic (exact) mass is 542 g/mol. The Morgan fingerprint density at radius 3 is 2.58 bits per heavy atom. The Labute approximate surface area is 204 Å². The summed E-state index contributed by atoms with van der Waals surface area (Å²) in [4.78, 5) is 9.44. The maximum absolute atomic E-state index is 5.99. The van der Waals surface area contributed by atoms with Crippen LogP contribution in [0.4, 0.5) is 0 Å². The van der Waals surface area contributed by atoms with Gasteiger partial charge in [-0.05, 0) is 55.8 Å². The number of guanidine groups is 1. The summed E-state index contributed by atoms with van der Waals surface area (Å²) in [6.07, 6.45) is 5.28. The van der Waals surface area contributed by atoms with E-state index in [2.05, 4.69) is 51.3 Å². The highest BCUT2D eigenvalue weighted by atomic mass is 127. The zero-order chi connectivity index (χ0) is 20.8. The summed E-state index contributed by atoms with van der Waals surface area (Å²) in [5, 5.41) is 3.57. The van der Waals surface area contributed by atoms with Crippen molar-refractivity contribution in [2.45, 2.75) is 57.9 Å². The van der Waals surface area contributed by atoms with Crippen molar-refractivity contribution in [1.82, 2.24) is 15.1 Å². The molecule has 4 rings (SSSR count). The molecule has 31 heavy (non-hydrogen) atoms. The van der Waals surface area contributed by atoms with Crippen LogP contribution in [-0.4, -0.2) is 74.4 Å². The molecule has 0 saturated carbocycles. The third-order valence-electron chi connectivity index (χ3n) is 6.71. The second kappa shape index (κ2) is 12.4. The van der Waals surface area contributed by atoms with Crippen LogP contribution in [0.3, 0.4) is 0 Å². The van der Waals surface area contributed by atoms with Crippen molar-refractivity contribution in [2.75, 3.05) is 46.4 Å². The average molecular weight is 543 g/mol. The zero-order valence-electron chi connectivity index (χ0n) is 19.1. The predicted molar refractivity (Wildman–Crippen MR) is 136 cm³/mol. The highest BCUT2D eigenvalue weighted by Gasteiger charge is 2.32. The molecule has 0 radical (unpaired) electrons. The molecule has 3 heterocycles. The lowest BCUT2D eigenvalue weighted by atomic mass is 9.98. The van der Waals surface area contributed by atoms with Crippen LogP contribution in [0.15, 0.2) is 29.3 Å². The number of benzene rings is 1. The molecule has 3 aliphatic rings. The van der Waals surface area contributed by atoms with E-state index in [1.807, 2.05) is 7.05 Å². The normalized spacial score (nSPS) is 26.0. The van der Waals surface area contributed by atoms with Crippen LogP contribution in [0.1, 0.15) is 43.7 Å². The van der Waals surface area contributed by atoms with Crippen molar-refractivity contribution in [1.29, 1.82) is 0 Å². The first-order valence-corrected chi connectivity index (χ1v) is 11.7. The summed E-state index contributed by atoms with van der Waals surface area (Å²) in [7, 11) is 1.87. The maximum Gasteiger partial charge on any atom is 0.194 e. The molecule has 1 aromatic rings. The van der Waals surface area contributed by atoms with Crippen molar-refractivity contribution in [2.24, 2.45) is 10.9 Å².